The summed E-state index contributed by atoms with van der Waals surface area (Å²) in [7, 11) is 1.79. The van der Waals surface area contributed by atoms with Crippen LogP contribution in [0, 0.1) is 0 Å². The summed E-state index contributed by atoms with van der Waals surface area (Å²) in [6.45, 7) is 2.58. The van der Waals surface area contributed by atoms with E-state index >= 15 is 0 Å². The summed E-state index contributed by atoms with van der Waals surface area (Å²) in [4.78, 5) is 12.2. The second kappa shape index (κ2) is 5.99. The third-order valence-corrected chi connectivity index (χ3v) is 3.50. The molecule has 0 amide bonds. The quantitative estimate of drug-likeness (QED) is 0.854. The zero-order chi connectivity index (χ0) is 13.8. The minimum Gasteiger partial charge on any atom is -0.395 e. The lowest BCUT2D eigenvalue weighted by Crippen LogP contribution is -2.34. The molecular formula is C15H20N2O2. The maximum atomic E-state index is 12.2. The van der Waals surface area contributed by atoms with E-state index in [-0.39, 0.29) is 18.2 Å². The van der Waals surface area contributed by atoms with Crippen LogP contribution in [0.15, 0.2) is 35.1 Å². The molecule has 1 heterocycles. The van der Waals surface area contributed by atoms with Crippen molar-refractivity contribution in [2.45, 2.75) is 25.9 Å². The number of hydrogen-bond donors (Lipinski definition) is 2. The van der Waals surface area contributed by atoms with E-state index in [9.17, 15) is 4.79 Å². The van der Waals surface area contributed by atoms with E-state index in [0.29, 0.717) is 6.54 Å². The van der Waals surface area contributed by atoms with Crippen LogP contribution < -0.4 is 10.9 Å². The van der Waals surface area contributed by atoms with Crippen LogP contribution in [0.3, 0.4) is 0 Å². The van der Waals surface area contributed by atoms with Crippen molar-refractivity contribution in [3.05, 3.63) is 46.2 Å². The summed E-state index contributed by atoms with van der Waals surface area (Å²) < 4.78 is 1.67. The maximum Gasteiger partial charge on any atom is 0.255 e. The molecule has 2 N–H and O–H groups in total. The molecule has 0 aliphatic carbocycles. The topological polar surface area (TPSA) is 54.3 Å². The van der Waals surface area contributed by atoms with E-state index in [0.717, 1.165) is 22.9 Å². The van der Waals surface area contributed by atoms with Crippen LogP contribution in [-0.4, -0.2) is 22.3 Å². The van der Waals surface area contributed by atoms with Gasteiger partial charge in [0, 0.05) is 25.2 Å². The van der Waals surface area contributed by atoms with Crippen LogP contribution in [0.4, 0.5) is 0 Å². The number of nitrogens with one attached hydrogen (secondary N) is 1. The third-order valence-electron chi connectivity index (χ3n) is 3.50. The van der Waals surface area contributed by atoms with Gasteiger partial charge in [-0.15, -0.1) is 0 Å². The second-order valence-electron chi connectivity index (χ2n) is 4.76. The predicted molar refractivity (Wildman–Crippen MR) is 77.2 cm³/mol. The number of aromatic nitrogens is 1. The van der Waals surface area contributed by atoms with Crippen molar-refractivity contribution in [3.8, 4) is 0 Å². The minimum absolute atomic E-state index is 0.0130. The van der Waals surface area contributed by atoms with Crippen molar-refractivity contribution < 1.29 is 5.11 Å². The first-order valence-electron chi connectivity index (χ1n) is 6.59. The zero-order valence-corrected chi connectivity index (χ0v) is 11.4. The largest absolute Gasteiger partial charge is 0.395 e. The molecule has 0 radical (unpaired) electrons. The molecule has 4 heteroatoms. The summed E-state index contributed by atoms with van der Waals surface area (Å²) in [5.41, 5.74) is 1.68. The van der Waals surface area contributed by atoms with Crippen LogP contribution in [0.5, 0.6) is 0 Å². The molecule has 0 saturated heterocycles. The van der Waals surface area contributed by atoms with Gasteiger partial charge in [-0.2, -0.15) is 0 Å². The summed E-state index contributed by atoms with van der Waals surface area (Å²) in [6.07, 6.45) is 0.838. The Kier molecular flexibility index (Phi) is 4.35. The first-order valence-corrected chi connectivity index (χ1v) is 6.59. The first-order chi connectivity index (χ1) is 9.17. The van der Waals surface area contributed by atoms with Gasteiger partial charge < -0.3 is 15.0 Å². The zero-order valence-electron chi connectivity index (χ0n) is 11.4. The Labute approximate surface area is 112 Å². The Morgan fingerprint density at radius 2 is 2.11 bits per heavy atom. The molecule has 0 saturated carbocycles. The van der Waals surface area contributed by atoms with Gasteiger partial charge in [-0.05, 0) is 23.9 Å². The predicted octanol–water partition coefficient (Wildman–Crippen LogP) is 1.40. The SMILES string of the molecule is CC[C@H](CO)NCc1cc2ccccc2n(C)c1=O. The molecule has 0 aliphatic rings. The van der Waals surface area contributed by atoms with Gasteiger partial charge in [0.25, 0.3) is 5.56 Å². The van der Waals surface area contributed by atoms with Crippen molar-refractivity contribution in [1.82, 2.24) is 9.88 Å². The van der Waals surface area contributed by atoms with Gasteiger partial charge in [-0.1, -0.05) is 25.1 Å². The van der Waals surface area contributed by atoms with Gasteiger partial charge in [0.1, 0.15) is 0 Å². The molecule has 1 atom stereocenters. The van der Waals surface area contributed by atoms with E-state index in [4.69, 9.17) is 5.11 Å². The first kappa shape index (κ1) is 13.8. The number of hydrogen-bond acceptors (Lipinski definition) is 3. The Morgan fingerprint density at radius 3 is 2.79 bits per heavy atom. The number of aliphatic hydroxyl groups is 1. The molecule has 1 aromatic heterocycles. The molecule has 1 aromatic carbocycles. The fourth-order valence-corrected chi connectivity index (χ4v) is 2.21. The minimum atomic E-state index is 0.0130. The van der Waals surface area contributed by atoms with Crippen LogP contribution >= 0.6 is 0 Å². The lowest BCUT2D eigenvalue weighted by Gasteiger charge is -2.14. The fraction of sp³-hybridized carbons (Fsp3) is 0.400. The van der Waals surface area contributed by atoms with Gasteiger partial charge in [0.15, 0.2) is 0 Å². The van der Waals surface area contributed by atoms with Crippen molar-refractivity contribution in [2.24, 2.45) is 7.05 Å². The van der Waals surface area contributed by atoms with Crippen molar-refractivity contribution in [2.75, 3.05) is 6.61 Å². The average Bonchev–Trinajstić information content (AvgIpc) is 2.45. The molecule has 0 fully saturated rings. The molecule has 0 bridgehead atoms. The molecule has 0 spiro atoms. The Bertz CT molecular complexity index is 615. The molecule has 0 aliphatic heterocycles. The molecule has 4 nitrogen and oxygen atoms in total. The highest BCUT2D eigenvalue weighted by Gasteiger charge is 2.08. The maximum absolute atomic E-state index is 12.2. The van der Waals surface area contributed by atoms with E-state index in [1.807, 2.05) is 37.3 Å². The highest BCUT2D eigenvalue weighted by molar-refractivity contribution is 5.79. The standard InChI is InChI=1S/C15H20N2O2/c1-3-13(10-18)16-9-12-8-11-6-4-5-7-14(11)17(2)15(12)19/h4-8,13,16,18H,3,9-10H2,1-2H3/t13-/m1/s1. The molecule has 2 rings (SSSR count). The number of benzene rings is 1. The Balaban J connectivity index is 2.33. The van der Waals surface area contributed by atoms with E-state index in [2.05, 4.69) is 5.32 Å². The van der Waals surface area contributed by atoms with Crippen LogP contribution in [0.1, 0.15) is 18.9 Å². The third kappa shape index (κ3) is 2.85. The molecule has 102 valence electrons. The number of fused-ring (bicyclic) bond motifs is 1. The fourth-order valence-electron chi connectivity index (χ4n) is 2.21. The highest BCUT2D eigenvalue weighted by atomic mass is 16.3. The Hall–Kier alpha value is -1.65. The van der Waals surface area contributed by atoms with E-state index in [1.165, 1.54) is 0 Å². The lowest BCUT2D eigenvalue weighted by atomic mass is 10.1. The number of aliphatic hydroxyl groups excluding tert-OH is 1. The van der Waals surface area contributed by atoms with Crippen molar-refractivity contribution >= 4 is 10.9 Å². The van der Waals surface area contributed by atoms with Gasteiger partial charge >= 0.3 is 0 Å². The van der Waals surface area contributed by atoms with Gasteiger partial charge in [-0.25, -0.2) is 0 Å². The molecule has 19 heavy (non-hydrogen) atoms. The second-order valence-corrected chi connectivity index (χ2v) is 4.76. The summed E-state index contributed by atoms with van der Waals surface area (Å²) in [6, 6.07) is 9.80. The number of nitrogens with zero attached hydrogens (tertiary/aromatic N) is 1. The highest BCUT2D eigenvalue weighted by Crippen LogP contribution is 2.12. The molecule has 2 aromatic rings. The number of aryl methyl sites for hydroxylation is 1. The monoisotopic (exact) mass is 260 g/mol. The summed E-state index contributed by atoms with van der Waals surface area (Å²) >= 11 is 0. The van der Waals surface area contributed by atoms with Gasteiger partial charge in [0.2, 0.25) is 0 Å². The van der Waals surface area contributed by atoms with Gasteiger partial charge in [-0.3, -0.25) is 4.79 Å². The number of para-hydroxylation sites is 1. The molecular weight excluding hydrogens is 240 g/mol. The summed E-state index contributed by atoms with van der Waals surface area (Å²) in [5.74, 6) is 0. The van der Waals surface area contributed by atoms with Crippen LogP contribution in [0.2, 0.25) is 0 Å². The van der Waals surface area contributed by atoms with Crippen molar-refractivity contribution in [1.29, 1.82) is 0 Å². The summed E-state index contributed by atoms with van der Waals surface area (Å²) in [5, 5.41) is 13.4. The lowest BCUT2D eigenvalue weighted by molar-refractivity contribution is 0.238. The van der Waals surface area contributed by atoms with Crippen molar-refractivity contribution in [3.63, 3.8) is 0 Å². The average molecular weight is 260 g/mol. The van der Waals surface area contributed by atoms with E-state index in [1.54, 1.807) is 11.6 Å². The van der Waals surface area contributed by atoms with Crippen LogP contribution in [-0.2, 0) is 13.6 Å². The Morgan fingerprint density at radius 1 is 1.37 bits per heavy atom. The smallest absolute Gasteiger partial charge is 0.255 e. The normalized spacial score (nSPS) is 12.8. The van der Waals surface area contributed by atoms with Crippen LogP contribution in [0.25, 0.3) is 10.9 Å². The number of pyridine rings is 1. The van der Waals surface area contributed by atoms with Gasteiger partial charge in [0.05, 0.1) is 12.1 Å². The molecule has 0 unspecified atom stereocenters. The van der Waals surface area contributed by atoms with E-state index < -0.39 is 0 Å². The number of rotatable bonds is 5.